The molecule has 1 atom stereocenters. The van der Waals surface area contributed by atoms with Crippen LogP contribution in [0.25, 0.3) is 11.1 Å². The van der Waals surface area contributed by atoms with Crippen molar-refractivity contribution in [3.63, 3.8) is 0 Å². The van der Waals surface area contributed by atoms with Gasteiger partial charge >= 0.3 is 0 Å². The molecule has 1 fully saturated rings. The van der Waals surface area contributed by atoms with E-state index in [4.69, 9.17) is 0 Å². The number of rotatable bonds is 6. The van der Waals surface area contributed by atoms with E-state index in [9.17, 15) is 9.59 Å². The largest absolute Gasteiger partial charge is 0.350 e. The summed E-state index contributed by atoms with van der Waals surface area (Å²) in [6.45, 7) is 5.00. The predicted molar refractivity (Wildman–Crippen MR) is 112 cm³/mol. The van der Waals surface area contributed by atoms with Gasteiger partial charge < -0.3 is 10.2 Å². The number of likely N-dealkylation sites (N-methyl/N-ethyl adjacent to an activating group) is 1. The van der Waals surface area contributed by atoms with Crippen LogP contribution in [-0.2, 0) is 0 Å². The van der Waals surface area contributed by atoms with Crippen LogP contribution in [-0.4, -0.2) is 61.4 Å². The Morgan fingerprint density at radius 1 is 1.11 bits per heavy atom. The van der Waals surface area contributed by atoms with Gasteiger partial charge in [0.05, 0.1) is 0 Å². The summed E-state index contributed by atoms with van der Waals surface area (Å²) in [5.41, 5.74) is 3.10. The third kappa shape index (κ3) is 4.42. The molecule has 148 valence electrons. The first-order valence-electron chi connectivity index (χ1n) is 9.94. The van der Waals surface area contributed by atoms with Crippen molar-refractivity contribution in [2.45, 2.75) is 25.8 Å². The molecule has 5 heteroatoms. The van der Waals surface area contributed by atoms with Gasteiger partial charge in [0.25, 0.3) is 11.8 Å². The molecule has 0 spiro atoms. The van der Waals surface area contributed by atoms with Crippen LogP contribution in [0.1, 0.15) is 40.5 Å². The van der Waals surface area contributed by atoms with E-state index >= 15 is 0 Å². The molecule has 3 rings (SSSR count). The number of carbonyl (C=O) groups is 2. The molecule has 0 radical (unpaired) electrons. The van der Waals surface area contributed by atoms with Gasteiger partial charge in [-0.2, -0.15) is 0 Å². The number of nitrogens with zero attached hydrogens (tertiary/aromatic N) is 2. The highest BCUT2D eigenvalue weighted by molar-refractivity contribution is 6.01. The van der Waals surface area contributed by atoms with E-state index in [1.807, 2.05) is 48.5 Å². The standard InChI is InChI=1S/C23H29N3O2/c1-4-26-15-7-8-19(26)16-24-22(27)18-13-11-17(12-14-18)20-9-5-6-10-21(20)23(28)25(2)3/h5-6,9-14,19H,4,7-8,15-16H2,1-3H3,(H,24,27)/t19-/m0/s1. The Balaban J connectivity index is 1.70. The zero-order valence-electron chi connectivity index (χ0n) is 16.9. The molecule has 1 aliphatic heterocycles. The lowest BCUT2D eigenvalue weighted by Crippen LogP contribution is -2.40. The molecule has 1 N–H and O–H groups in total. The van der Waals surface area contributed by atoms with Gasteiger partial charge in [-0.05, 0) is 55.3 Å². The molecule has 1 saturated heterocycles. The highest BCUT2D eigenvalue weighted by Crippen LogP contribution is 2.25. The molecule has 1 heterocycles. The molecule has 2 amide bonds. The van der Waals surface area contributed by atoms with Gasteiger partial charge in [-0.15, -0.1) is 0 Å². The lowest BCUT2D eigenvalue weighted by molar-refractivity contribution is 0.0828. The summed E-state index contributed by atoms with van der Waals surface area (Å²) in [5.74, 6) is -0.0818. The maximum Gasteiger partial charge on any atom is 0.253 e. The molecule has 2 aromatic carbocycles. The Bertz CT molecular complexity index is 830. The van der Waals surface area contributed by atoms with Gasteiger partial charge in [0, 0.05) is 37.8 Å². The third-order valence-electron chi connectivity index (χ3n) is 5.43. The predicted octanol–water partition coefficient (Wildman–Crippen LogP) is 3.27. The van der Waals surface area contributed by atoms with E-state index in [0.717, 1.165) is 30.6 Å². The summed E-state index contributed by atoms with van der Waals surface area (Å²) >= 11 is 0. The molecular weight excluding hydrogens is 350 g/mol. The maximum absolute atomic E-state index is 12.5. The molecule has 0 unspecified atom stereocenters. The van der Waals surface area contributed by atoms with Crippen LogP contribution in [0.15, 0.2) is 48.5 Å². The zero-order chi connectivity index (χ0) is 20.1. The van der Waals surface area contributed by atoms with Crippen molar-refractivity contribution in [1.82, 2.24) is 15.1 Å². The van der Waals surface area contributed by atoms with E-state index in [1.54, 1.807) is 19.0 Å². The molecule has 0 bridgehead atoms. The number of nitrogens with one attached hydrogen (secondary N) is 1. The Kier molecular flexibility index (Phi) is 6.47. The van der Waals surface area contributed by atoms with Crippen LogP contribution in [0.4, 0.5) is 0 Å². The maximum atomic E-state index is 12.5. The summed E-state index contributed by atoms with van der Waals surface area (Å²) in [7, 11) is 3.49. The van der Waals surface area contributed by atoms with Crippen molar-refractivity contribution in [1.29, 1.82) is 0 Å². The summed E-state index contributed by atoms with van der Waals surface area (Å²) in [5, 5.41) is 3.07. The lowest BCUT2D eigenvalue weighted by atomic mass is 9.98. The summed E-state index contributed by atoms with van der Waals surface area (Å²) in [6.07, 6.45) is 2.35. The molecule has 28 heavy (non-hydrogen) atoms. The molecule has 0 aliphatic carbocycles. The van der Waals surface area contributed by atoms with Crippen LogP contribution < -0.4 is 5.32 Å². The fourth-order valence-corrected chi connectivity index (χ4v) is 3.82. The second-order valence-corrected chi connectivity index (χ2v) is 7.46. The number of hydrogen-bond acceptors (Lipinski definition) is 3. The van der Waals surface area contributed by atoms with Gasteiger partial charge in [0.2, 0.25) is 0 Å². The SMILES string of the molecule is CCN1CCC[C@H]1CNC(=O)c1ccc(-c2ccccc2C(=O)N(C)C)cc1. The first kappa shape index (κ1) is 20.1. The Labute approximate surface area is 167 Å². The van der Waals surface area contributed by atoms with Crippen molar-refractivity contribution in [3.8, 4) is 11.1 Å². The van der Waals surface area contributed by atoms with Crippen molar-refractivity contribution < 1.29 is 9.59 Å². The smallest absolute Gasteiger partial charge is 0.253 e. The Morgan fingerprint density at radius 2 is 1.82 bits per heavy atom. The third-order valence-corrected chi connectivity index (χ3v) is 5.43. The van der Waals surface area contributed by atoms with Crippen molar-refractivity contribution in [2.24, 2.45) is 0 Å². The average Bonchev–Trinajstić information content (AvgIpc) is 3.19. The topological polar surface area (TPSA) is 52.7 Å². The molecular formula is C23H29N3O2. The quantitative estimate of drug-likeness (QED) is 0.838. The van der Waals surface area contributed by atoms with E-state index in [-0.39, 0.29) is 11.8 Å². The fourth-order valence-electron chi connectivity index (χ4n) is 3.82. The summed E-state index contributed by atoms with van der Waals surface area (Å²) in [6, 6.07) is 15.5. The number of likely N-dealkylation sites (tertiary alicyclic amines) is 1. The van der Waals surface area contributed by atoms with Crippen LogP contribution >= 0.6 is 0 Å². The van der Waals surface area contributed by atoms with Crippen LogP contribution in [0.3, 0.4) is 0 Å². The average molecular weight is 380 g/mol. The van der Waals surface area contributed by atoms with Gasteiger partial charge in [-0.1, -0.05) is 37.3 Å². The van der Waals surface area contributed by atoms with Crippen LogP contribution in [0, 0.1) is 0 Å². The summed E-state index contributed by atoms with van der Waals surface area (Å²) < 4.78 is 0. The van der Waals surface area contributed by atoms with Crippen molar-refractivity contribution in [3.05, 3.63) is 59.7 Å². The summed E-state index contributed by atoms with van der Waals surface area (Å²) in [4.78, 5) is 28.9. The van der Waals surface area contributed by atoms with Crippen molar-refractivity contribution >= 4 is 11.8 Å². The van der Waals surface area contributed by atoms with Crippen molar-refractivity contribution in [2.75, 3.05) is 33.7 Å². The highest BCUT2D eigenvalue weighted by Gasteiger charge is 2.23. The number of benzene rings is 2. The number of hydrogen-bond donors (Lipinski definition) is 1. The molecule has 5 nitrogen and oxygen atoms in total. The minimum Gasteiger partial charge on any atom is -0.350 e. The van der Waals surface area contributed by atoms with E-state index in [2.05, 4.69) is 17.1 Å². The minimum atomic E-state index is -0.0489. The fraction of sp³-hybridized carbons (Fsp3) is 0.391. The first-order valence-corrected chi connectivity index (χ1v) is 9.94. The number of amides is 2. The van der Waals surface area contributed by atoms with Gasteiger partial charge in [-0.25, -0.2) is 0 Å². The normalized spacial score (nSPS) is 16.8. The first-order chi connectivity index (χ1) is 13.5. The van der Waals surface area contributed by atoms with E-state index < -0.39 is 0 Å². The Hall–Kier alpha value is -2.66. The minimum absolute atomic E-state index is 0.0329. The number of carbonyl (C=O) groups excluding carboxylic acids is 2. The molecule has 2 aromatic rings. The van der Waals surface area contributed by atoms with Gasteiger partial charge in [0.15, 0.2) is 0 Å². The second-order valence-electron chi connectivity index (χ2n) is 7.46. The Morgan fingerprint density at radius 3 is 2.50 bits per heavy atom. The van der Waals surface area contributed by atoms with Gasteiger partial charge in [0.1, 0.15) is 0 Å². The lowest BCUT2D eigenvalue weighted by Gasteiger charge is -2.22. The molecule has 0 aromatic heterocycles. The monoisotopic (exact) mass is 379 g/mol. The molecule has 0 saturated carbocycles. The molecule has 1 aliphatic rings. The van der Waals surface area contributed by atoms with E-state index in [1.165, 1.54) is 6.42 Å². The van der Waals surface area contributed by atoms with Crippen LogP contribution in [0.2, 0.25) is 0 Å². The zero-order valence-corrected chi connectivity index (χ0v) is 16.9. The highest BCUT2D eigenvalue weighted by atomic mass is 16.2. The van der Waals surface area contributed by atoms with Crippen LogP contribution in [0.5, 0.6) is 0 Å². The van der Waals surface area contributed by atoms with Gasteiger partial charge in [-0.3, -0.25) is 14.5 Å². The van der Waals surface area contributed by atoms with E-state index in [0.29, 0.717) is 23.7 Å². The second kappa shape index (κ2) is 9.02.